The standard InChI is InChI=1S/C23H29N3O5.ClH/c1-30-21(27)14-18-9-5-10-19(13-18)15-26-22(28)20(24)11-6-12-25-23(29)31-16-17-7-3-2-4-8-17;/h2-5,7-10,13,20H,6,11-12,14-16,24H2,1H3,(H,25,29)(H,26,28);1H/t20-;/m0./s1. The van der Waals surface area contributed by atoms with E-state index in [1.165, 1.54) is 7.11 Å². The Hall–Kier alpha value is -3.10. The lowest BCUT2D eigenvalue weighted by Crippen LogP contribution is -2.40. The molecule has 0 radical (unpaired) electrons. The van der Waals surface area contributed by atoms with E-state index in [1.54, 1.807) is 0 Å². The SMILES string of the molecule is COC(=O)Cc1cccc(CNC(=O)[C@@H](N)CCCNC(=O)OCc2ccccc2)c1.Cl. The van der Waals surface area contributed by atoms with Gasteiger partial charge >= 0.3 is 12.1 Å². The topological polar surface area (TPSA) is 120 Å². The Labute approximate surface area is 194 Å². The molecule has 0 spiro atoms. The fraction of sp³-hybridized carbons (Fsp3) is 0.348. The second kappa shape index (κ2) is 14.8. The van der Waals surface area contributed by atoms with Crippen LogP contribution in [0.2, 0.25) is 0 Å². The lowest BCUT2D eigenvalue weighted by atomic mass is 10.1. The van der Waals surface area contributed by atoms with Crippen molar-refractivity contribution in [2.75, 3.05) is 13.7 Å². The van der Waals surface area contributed by atoms with E-state index < -0.39 is 12.1 Å². The summed E-state index contributed by atoms with van der Waals surface area (Å²) < 4.78 is 9.78. The molecule has 9 heteroatoms. The summed E-state index contributed by atoms with van der Waals surface area (Å²) in [6.45, 7) is 0.880. The van der Waals surface area contributed by atoms with Gasteiger partial charge in [0.2, 0.25) is 5.91 Å². The van der Waals surface area contributed by atoms with E-state index in [2.05, 4.69) is 15.4 Å². The summed E-state index contributed by atoms with van der Waals surface area (Å²) in [5, 5.41) is 5.43. The van der Waals surface area contributed by atoms with Gasteiger partial charge in [0.1, 0.15) is 6.61 Å². The highest BCUT2D eigenvalue weighted by Gasteiger charge is 2.13. The van der Waals surface area contributed by atoms with Gasteiger partial charge in [-0.1, -0.05) is 54.6 Å². The Morgan fingerprint density at radius 1 is 0.969 bits per heavy atom. The predicted molar refractivity (Wildman–Crippen MR) is 123 cm³/mol. The fourth-order valence-electron chi connectivity index (χ4n) is 2.83. The molecule has 0 saturated carbocycles. The first-order chi connectivity index (χ1) is 15.0. The minimum atomic E-state index is -0.680. The van der Waals surface area contributed by atoms with Crippen LogP contribution in [0, 0.1) is 0 Å². The Bertz CT molecular complexity index is 864. The van der Waals surface area contributed by atoms with Gasteiger partial charge in [0, 0.05) is 13.1 Å². The first kappa shape index (κ1) is 26.9. The quantitative estimate of drug-likeness (QED) is 0.348. The van der Waals surface area contributed by atoms with Crippen LogP contribution >= 0.6 is 12.4 Å². The zero-order valence-electron chi connectivity index (χ0n) is 18.0. The van der Waals surface area contributed by atoms with Crippen molar-refractivity contribution in [1.29, 1.82) is 0 Å². The molecular formula is C23H30ClN3O5. The monoisotopic (exact) mass is 463 g/mol. The summed E-state index contributed by atoms with van der Waals surface area (Å²) >= 11 is 0. The van der Waals surface area contributed by atoms with Gasteiger partial charge in [0.05, 0.1) is 19.6 Å². The van der Waals surface area contributed by atoms with E-state index in [1.807, 2.05) is 54.6 Å². The number of rotatable bonds is 11. The van der Waals surface area contributed by atoms with Crippen LogP contribution in [-0.2, 0) is 38.6 Å². The van der Waals surface area contributed by atoms with E-state index in [-0.39, 0.29) is 37.3 Å². The average Bonchev–Trinajstić information content (AvgIpc) is 2.79. The molecule has 4 N–H and O–H groups in total. The first-order valence-corrected chi connectivity index (χ1v) is 10.1. The van der Waals surface area contributed by atoms with Crippen molar-refractivity contribution >= 4 is 30.4 Å². The van der Waals surface area contributed by atoms with Crippen molar-refractivity contribution in [2.24, 2.45) is 5.73 Å². The average molecular weight is 464 g/mol. The van der Waals surface area contributed by atoms with Gasteiger partial charge in [-0.3, -0.25) is 9.59 Å². The number of nitrogens with two attached hydrogens (primary N) is 1. The van der Waals surface area contributed by atoms with Crippen LogP contribution < -0.4 is 16.4 Å². The Morgan fingerprint density at radius 3 is 2.38 bits per heavy atom. The first-order valence-electron chi connectivity index (χ1n) is 10.1. The van der Waals surface area contributed by atoms with E-state index in [4.69, 9.17) is 10.5 Å². The van der Waals surface area contributed by atoms with Gasteiger partial charge < -0.3 is 25.8 Å². The summed E-state index contributed by atoms with van der Waals surface area (Å²) in [6, 6.07) is 16.1. The number of nitrogens with one attached hydrogen (secondary N) is 2. The Kier molecular flexibility index (Phi) is 12.5. The number of hydrogen-bond acceptors (Lipinski definition) is 6. The molecule has 2 rings (SSSR count). The molecule has 0 saturated heterocycles. The highest BCUT2D eigenvalue weighted by atomic mass is 35.5. The maximum absolute atomic E-state index is 12.2. The minimum absolute atomic E-state index is 0. The molecule has 174 valence electrons. The van der Waals surface area contributed by atoms with Crippen LogP contribution in [0.25, 0.3) is 0 Å². The molecule has 2 amide bonds. The van der Waals surface area contributed by atoms with Crippen LogP contribution in [-0.4, -0.2) is 37.7 Å². The zero-order chi connectivity index (χ0) is 22.5. The van der Waals surface area contributed by atoms with Crippen molar-refractivity contribution in [3.05, 3.63) is 71.3 Å². The largest absolute Gasteiger partial charge is 0.469 e. The van der Waals surface area contributed by atoms with E-state index in [0.717, 1.165) is 16.7 Å². The van der Waals surface area contributed by atoms with E-state index >= 15 is 0 Å². The number of esters is 1. The number of amides is 2. The minimum Gasteiger partial charge on any atom is -0.469 e. The number of hydrogen-bond donors (Lipinski definition) is 3. The molecule has 32 heavy (non-hydrogen) atoms. The van der Waals surface area contributed by atoms with Crippen LogP contribution in [0.3, 0.4) is 0 Å². The summed E-state index contributed by atoms with van der Waals surface area (Å²) in [7, 11) is 1.34. The maximum Gasteiger partial charge on any atom is 0.407 e. The van der Waals surface area contributed by atoms with Crippen LogP contribution in [0.1, 0.15) is 29.5 Å². The summed E-state index contributed by atoms with van der Waals surface area (Å²) in [5.41, 5.74) is 8.52. The number of carbonyl (C=O) groups excluding carboxylic acids is 3. The molecule has 2 aromatic rings. The lowest BCUT2D eigenvalue weighted by Gasteiger charge is -2.13. The number of benzene rings is 2. The van der Waals surface area contributed by atoms with Gasteiger partial charge in [-0.25, -0.2) is 4.79 Å². The molecule has 0 aromatic heterocycles. The second-order valence-corrected chi connectivity index (χ2v) is 7.03. The van der Waals surface area contributed by atoms with E-state index in [0.29, 0.717) is 25.9 Å². The number of methoxy groups -OCH3 is 1. The molecule has 0 heterocycles. The third-order valence-electron chi connectivity index (χ3n) is 4.55. The Balaban J connectivity index is 0.00000512. The molecule has 0 aliphatic carbocycles. The van der Waals surface area contributed by atoms with Crippen molar-refractivity contribution < 1.29 is 23.9 Å². The fourth-order valence-corrected chi connectivity index (χ4v) is 2.83. The number of alkyl carbamates (subject to hydrolysis) is 1. The van der Waals surface area contributed by atoms with E-state index in [9.17, 15) is 14.4 Å². The molecular weight excluding hydrogens is 434 g/mol. The van der Waals surface area contributed by atoms with Crippen LogP contribution in [0.4, 0.5) is 4.79 Å². The predicted octanol–water partition coefficient (Wildman–Crippen LogP) is 2.47. The summed E-state index contributed by atoms with van der Waals surface area (Å²) in [5.74, 6) is -0.592. The molecule has 0 unspecified atom stereocenters. The molecule has 0 fully saturated rings. The summed E-state index contributed by atoms with van der Waals surface area (Å²) in [4.78, 5) is 35.3. The van der Waals surface area contributed by atoms with Crippen molar-refractivity contribution in [2.45, 2.75) is 38.5 Å². The van der Waals surface area contributed by atoms with Gasteiger partial charge in [-0.15, -0.1) is 12.4 Å². The maximum atomic E-state index is 12.2. The van der Waals surface area contributed by atoms with Gasteiger partial charge in [-0.05, 0) is 29.5 Å². The molecule has 0 aliphatic rings. The summed E-state index contributed by atoms with van der Waals surface area (Å²) in [6.07, 6.45) is 0.642. The third kappa shape index (κ3) is 10.3. The van der Waals surface area contributed by atoms with Crippen molar-refractivity contribution in [3.63, 3.8) is 0 Å². The highest BCUT2D eigenvalue weighted by Crippen LogP contribution is 2.07. The van der Waals surface area contributed by atoms with Gasteiger partial charge in [0.25, 0.3) is 0 Å². The van der Waals surface area contributed by atoms with Crippen molar-refractivity contribution in [3.8, 4) is 0 Å². The molecule has 8 nitrogen and oxygen atoms in total. The highest BCUT2D eigenvalue weighted by molar-refractivity contribution is 5.85. The lowest BCUT2D eigenvalue weighted by molar-refractivity contribution is -0.139. The molecule has 2 aromatic carbocycles. The zero-order valence-corrected chi connectivity index (χ0v) is 18.9. The smallest absolute Gasteiger partial charge is 0.407 e. The van der Waals surface area contributed by atoms with Crippen LogP contribution in [0.5, 0.6) is 0 Å². The van der Waals surface area contributed by atoms with Gasteiger partial charge in [-0.2, -0.15) is 0 Å². The normalized spacial score (nSPS) is 10.9. The van der Waals surface area contributed by atoms with Gasteiger partial charge in [0.15, 0.2) is 0 Å². The number of halogens is 1. The van der Waals surface area contributed by atoms with Crippen LogP contribution in [0.15, 0.2) is 54.6 Å². The van der Waals surface area contributed by atoms with Crippen molar-refractivity contribution in [1.82, 2.24) is 10.6 Å². The number of carbonyl (C=O) groups is 3. The third-order valence-corrected chi connectivity index (χ3v) is 4.55. The molecule has 1 atom stereocenters. The number of ether oxygens (including phenoxy) is 2. The molecule has 0 aliphatic heterocycles. The Morgan fingerprint density at radius 2 is 1.66 bits per heavy atom. The molecule has 0 bridgehead atoms. The second-order valence-electron chi connectivity index (χ2n) is 7.03.